The molecule has 1 N–H and O–H groups in total. The Hall–Kier alpha value is -2.71. The van der Waals surface area contributed by atoms with Crippen LogP contribution in [0.2, 0.25) is 0 Å². The number of carbonyl (C=O) groups excluding carboxylic acids is 1. The fraction of sp³-hybridized carbons (Fsp3) is 0.522. The maximum absolute atomic E-state index is 12.7. The molecule has 2 aliphatic heterocycles. The maximum atomic E-state index is 12.7. The van der Waals surface area contributed by atoms with Gasteiger partial charge in [-0.05, 0) is 38.3 Å². The van der Waals surface area contributed by atoms with E-state index in [4.69, 9.17) is 4.42 Å². The molecule has 0 saturated carbocycles. The number of fused-ring (bicyclic) bond motifs is 3. The smallest absolute Gasteiger partial charge is 0.294 e. The number of likely N-dealkylation sites (tertiary alicyclic amines) is 1. The number of hydrogen-bond donors (Lipinski definition) is 1. The third-order valence-electron chi connectivity index (χ3n) is 6.60. The molecule has 4 heterocycles. The lowest BCUT2D eigenvalue weighted by molar-refractivity contribution is -0.136. The Bertz CT molecular complexity index is 1150. The van der Waals surface area contributed by atoms with Gasteiger partial charge >= 0.3 is 0 Å². The molecule has 0 bridgehead atoms. The molecule has 2 aromatic heterocycles. The van der Waals surface area contributed by atoms with Gasteiger partial charge in [-0.25, -0.2) is 4.98 Å². The van der Waals surface area contributed by atoms with E-state index in [1.54, 1.807) is 0 Å². The summed E-state index contributed by atoms with van der Waals surface area (Å²) in [5.74, 6) is 0.902. The van der Waals surface area contributed by atoms with Gasteiger partial charge in [-0.2, -0.15) is 0 Å². The standard InChI is InChI=1S/C23H29N5O3/c1-16-6-4-5-9-28(16)20(29)15-27-12-10-26(11-13-27)14-19-24-21-17-7-2-3-8-18(17)31-22(21)23(30)25-19/h2-3,7-8,16H,4-6,9-15H2,1H3,(H,24,25,30). The Kier molecular flexibility index (Phi) is 5.50. The molecule has 0 radical (unpaired) electrons. The molecule has 2 saturated heterocycles. The van der Waals surface area contributed by atoms with Crippen molar-refractivity contribution in [3.63, 3.8) is 0 Å². The molecule has 0 aliphatic carbocycles. The summed E-state index contributed by atoms with van der Waals surface area (Å²) in [7, 11) is 0. The number of piperidine rings is 1. The van der Waals surface area contributed by atoms with E-state index in [1.807, 2.05) is 24.3 Å². The lowest BCUT2D eigenvalue weighted by atomic mass is 10.0. The number of hydrogen-bond acceptors (Lipinski definition) is 6. The van der Waals surface area contributed by atoms with Crippen LogP contribution in [-0.4, -0.2) is 75.9 Å². The van der Waals surface area contributed by atoms with E-state index in [0.29, 0.717) is 36.1 Å². The summed E-state index contributed by atoms with van der Waals surface area (Å²) in [6.07, 6.45) is 3.45. The second kappa shape index (κ2) is 8.43. The second-order valence-electron chi connectivity index (χ2n) is 8.77. The summed E-state index contributed by atoms with van der Waals surface area (Å²) in [6.45, 7) is 7.50. The van der Waals surface area contributed by atoms with Crippen LogP contribution in [0.3, 0.4) is 0 Å². The molecule has 8 nitrogen and oxygen atoms in total. The highest BCUT2D eigenvalue weighted by Gasteiger charge is 2.26. The first kappa shape index (κ1) is 20.2. The first-order chi connectivity index (χ1) is 15.1. The molecule has 3 aromatic rings. The second-order valence-corrected chi connectivity index (χ2v) is 8.77. The molecular formula is C23H29N5O3. The van der Waals surface area contributed by atoms with Crippen LogP contribution < -0.4 is 5.56 Å². The molecule has 1 aromatic carbocycles. The number of amides is 1. The maximum Gasteiger partial charge on any atom is 0.294 e. The number of nitrogens with one attached hydrogen (secondary N) is 1. The van der Waals surface area contributed by atoms with Crippen LogP contribution in [0, 0.1) is 0 Å². The predicted octanol–water partition coefficient (Wildman–Crippen LogP) is 2.19. The Morgan fingerprint density at radius 3 is 2.71 bits per heavy atom. The minimum atomic E-state index is -0.240. The third kappa shape index (κ3) is 4.09. The van der Waals surface area contributed by atoms with Gasteiger partial charge in [0.2, 0.25) is 11.5 Å². The largest absolute Gasteiger partial charge is 0.449 e. The molecular weight excluding hydrogens is 394 g/mol. The van der Waals surface area contributed by atoms with Gasteiger partial charge in [0.15, 0.2) is 0 Å². The van der Waals surface area contributed by atoms with Crippen molar-refractivity contribution in [1.82, 2.24) is 24.7 Å². The van der Waals surface area contributed by atoms with Crippen molar-refractivity contribution in [2.24, 2.45) is 0 Å². The van der Waals surface area contributed by atoms with Gasteiger partial charge in [-0.15, -0.1) is 0 Å². The summed E-state index contributed by atoms with van der Waals surface area (Å²) in [5, 5.41) is 0.861. The first-order valence-electron chi connectivity index (χ1n) is 11.2. The third-order valence-corrected chi connectivity index (χ3v) is 6.60. The van der Waals surface area contributed by atoms with Crippen LogP contribution in [0.15, 0.2) is 33.5 Å². The molecule has 2 fully saturated rings. The molecule has 2 aliphatic rings. The van der Waals surface area contributed by atoms with E-state index in [-0.39, 0.29) is 17.0 Å². The summed E-state index contributed by atoms with van der Waals surface area (Å²) in [5.41, 5.74) is 1.33. The average molecular weight is 424 g/mol. The number of para-hydroxylation sites is 1. The molecule has 5 rings (SSSR count). The van der Waals surface area contributed by atoms with Crippen molar-refractivity contribution in [2.75, 3.05) is 39.3 Å². The van der Waals surface area contributed by atoms with Crippen LogP contribution in [0.5, 0.6) is 0 Å². The summed E-state index contributed by atoms with van der Waals surface area (Å²) in [4.78, 5) is 39.3. The van der Waals surface area contributed by atoms with Crippen molar-refractivity contribution in [3.05, 3.63) is 40.4 Å². The van der Waals surface area contributed by atoms with E-state index < -0.39 is 0 Å². The Balaban J connectivity index is 1.21. The number of benzene rings is 1. The molecule has 1 atom stereocenters. The number of aromatic nitrogens is 2. The zero-order valence-electron chi connectivity index (χ0n) is 18.0. The monoisotopic (exact) mass is 423 g/mol. The first-order valence-corrected chi connectivity index (χ1v) is 11.2. The number of H-pyrrole nitrogens is 1. The molecule has 1 amide bonds. The van der Waals surface area contributed by atoms with Gasteiger partial charge in [0, 0.05) is 44.2 Å². The van der Waals surface area contributed by atoms with Crippen LogP contribution in [-0.2, 0) is 11.3 Å². The topological polar surface area (TPSA) is 85.7 Å². The minimum absolute atomic E-state index is 0.240. The number of nitrogens with zero attached hydrogens (tertiary/aromatic N) is 4. The lowest BCUT2D eigenvalue weighted by Gasteiger charge is -2.37. The van der Waals surface area contributed by atoms with Gasteiger partial charge in [-0.1, -0.05) is 12.1 Å². The Labute approximate surface area is 180 Å². The number of furan rings is 1. The van der Waals surface area contributed by atoms with E-state index in [2.05, 4.69) is 31.6 Å². The highest BCUT2D eigenvalue weighted by atomic mass is 16.3. The quantitative estimate of drug-likeness (QED) is 0.692. The van der Waals surface area contributed by atoms with Gasteiger partial charge in [0.25, 0.3) is 5.56 Å². The van der Waals surface area contributed by atoms with Gasteiger partial charge in [0.05, 0.1) is 13.1 Å². The summed E-state index contributed by atoms with van der Waals surface area (Å²) in [6, 6.07) is 7.94. The zero-order chi connectivity index (χ0) is 21.4. The van der Waals surface area contributed by atoms with Crippen molar-refractivity contribution >= 4 is 28.0 Å². The number of rotatable bonds is 4. The van der Waals surface area contributed by atoms with Crippen molar-refractivity contribution in [2.45, 2.75) is 38.8 Å². The van der Waals surface area contributed by atoms with Crippen LogP contribution in [0.4, 0.5) is 0 Å². The number of piperazine rings is 1. The average Bonchev–Trinajstić information content (AvgIpc) is 3.15. The van der Waals surface area contributed by atoms with E-state index >= 15 is 0 Å². The Morgan fingerprint density at radius 2 is 1.90 bits per heavy atom. The molecule has 1 unspecified atom stereocenters. The summed E-state index contributed by atoms with van der Waals surface area (Å²) < 4.78 is 5.67. The molecule has 8 heteroatoms. The highest BCUT2D eigenvalue weighted by molar-refractivity contribution is 6.01. The van der Waals surface area contributed by atoms with Gasteiger partial charge < -0.3 is 14.3 Å². The SMILES string of the molecule is CC1CCCCN1C(=O)CN1CCN(Cc2nc3c(oc4ccccc43)c(=O)[nH]2)CC1. The van der Waals surface area contributed by atoms with Crippen LogP contribution in [0.1, 0.15) is 32.0 Å². The van der Waals surface area contributed by atoms with E-state index in [1.165, 1.54) is 6.42 Å². The van der Waals surface area contributed by atoms with E-state index in [0.717, 1.165) is 51.0 Å². The zero-order valence-corrected chi connectivity index (χ0v) is 18.0. The van der Waals surface area contributed by atoms with Gasteiger partial charge in [0.1, 0.15) is 16.9 Å². The van der Waals surface area contributed by atoms with Crippen molar-refractivity contribution < 1.29 is 9.21 Å². The summed E-state index contributed by atoms with van der Waals surface area (Å²) >= 11 is 0. The van der Waals surface area contributed by atoms with Crippen molar-refractivity contribution in [1.29, 1.82) is 0 Å². The molecule has 0 spiro atoms. The van der Waals surface area contributed by atoms with E-state index in [9.17, 15) is 9.59 Å². The van der Waals surface area contributed by atoms with Gasteiger partial charge in [-0.3, -0.25) is 19.4 Å². The molecule has 164 valence electrons. The lowest BCUT2D eigenvalue weighted by Crippen LogP contribution is -2.52. The minimum Gasteiger partial charge on any atom is -0.449 e. The van der Waals surface area contributed by atoms with Crippen LogP contribution in [0.25, 0.3) is 22.1 Å². The van der Waals surface area contributed by atoms with Crippen LogP contribution >= 0.6 is 0 Å². The fourth-order valence-electron chi connectivity index (χ4n) is 4.79. The predicted molar refractivity (Wildman–Crippen MR) is 119 cm³/mol. The number of aromatic amines is 1. The molecule has 31 heavy (non-hydrogen) atoms. The normalized spacial score (nSPS) is 21.2. The highest BCUT2D eigenvalue weighted by Crippen LogP contribution is 2.24. The van der Waals surface area contributed by atoms with Crippen molar-refractivity contribution in [3.8, 4) is 0 Å². The Morgan fingerprint density at radius 1 is 1.13 bits per heavy atom. The number of carbonyl (C=O) groups is 1. The fourth-order valence-corrected chi connectivity index (χ4v) is 4.79.